The number of rotatable bonds is 13. The fraction of sp³-hybridized carbons (Fsp3) is 0.404. The molecule has 9 rings (SSSR count). The Bertz CT molecular complexity index is 2880. The minimum atomic E-state index is -2.72. The van der Waals surface area contributed by atoms with Crippen LogP contribution in [0.2, 0.25) is 0 Å². The third kappa shape index (κ3) is 9.42. The predicted octanol–water partition coefficient (Wildman–Crippen LogP) is 6.81. The van der Waals surface area contributed by atoms with E-state index in [1.54, 1.807) is 32.8 Å². The van der Waals surface area contributed by atoms with Crippen molar-refractivity contribution in [2.45, 2.75) is 57.5 Å². The van der Waals surface area contributed by atoms with Gasteiger partial charge in [0.1, 0.15) is 24.8 Å². The number of para-hydroxylation sites is 1. The Balaban J connectivity index is 0.799. The van der Waals surface area contributed by atoms with Gasteiger partial charge in [0, 0.05) is 86.9 Å². The Morgan fingerprint density at radius 3 is 2.45 bits per heavy atom. The van der Waals surface area contributed by atoms with E-state index in [9.17, 15) is 18.9 Å². The zero-order valence-corrected chi connectivity index (χ0v) is 39.6. The van der Waals surface area contributed by atoms with Crippen LogP contribution in [0.25, 0.3) is 22.0 Å². The molecular formula is C47H54BrN10O6P. The molecule has 18 heteroatoms. The number of hydrogen-bond donors (Lipinski definition) is 3. The fourth-order valence-corrected chi connectivity index (χ4v) is 11.3. The topological polar surface area (TPSA) is 180 Å². The first-order valence-corrected chi connectivity index (χ1v) is 25.7. The number of carbonyl (C=O) groups excluding carboxylic acids is 2. The number of anilines is 5. The maximum Gasteiger partial charge on any atom is 0.420 e. The van der Waals surface area contributed by atoms with Gasteiger partial charge in [-0.1, -0.05) is 31.2 Å². The van der Waals surface area contributed by atoms with Gasteiger partial charge < -0.3 is 34.2 Å². The molecule has 3 aliphatic rings. The molecule has 6 aromatic rings. The maximum atomic E-state index is 13.6. The van der Waals surface area contributed by atoms with Crippen molar-refractivity contribution < 1.29 is 23.3 Å². The summed E-state index contributed by atoms with van der Waals surface area (Å²) in [4.78, 5) is 58.5. The van der Waals surface area contributed by atoms with E-state index in [2.05, 4.69) is 75.6 Å². The van der Waals surface area contributed by atoms with E-state index in [1.807, 2.05) is 42.5 Å². The van der Waals surface area contributed by atoms with Crippen LogP contribution in [-0.4, -0.2) is 113 Å². The van der Waals surface area contributed by atoms with Gasteiger partial charge in [-0.3, -0.25) is 29.4 Å². The van der Waals surface area contributed by atoms with Crippen molar-refractivity contribution >= 4 is 91.0 Å². The fourth-order valence-electron chi connectivity index (χ4n) is 9.59. The Kier molecular flexibility index (Phi) is 12.8. The lowest BCUT2D eigenvalue weighted by Gasteiger charge is -2.43. The molecule has 0 spiro atoms. The molecule has 3 fully saturated rings. The lowest BCUT2D eigenvalue weighted by molar-refractivity contribution is -0.135. The van der Waals surface area contributed by atoms with Crippen LogP contribution in [0.1, 0.15) is 49.8 Å². The minimum absolute atomic E-state index is 0.190. The predicted molar refractivity (Wildman–Crippen MR) is 258 cm³/mol. The molecule has 0 bridgehead atoms. The SMILES string of the molecule is CCc1cc(Nc2ncc(Br)c(Nc3cnc4ccccc4c3P(C)(C)=O)n2)c(OC)cc1N1CCC(N2CCN(CCc3ccc4c(c3)oc(=O)n4C3CCC(=O)NC3=O)CC2)CC1. The summed E-state index contributed by atoms with van der Waals surface area (Å²) < 4.78 is 27.1. The van der Waals surface area contributed by atoms with Gasteiger partial charge in [0.25, 0.3) is 0 Å². The number of aryl methyl sites for hydroxylation is 1. The van der Waals surface area contributed by atoms with Gasteiger partial charge in [0.15, 0.2) is 5.58 Å². The molecule has 3 aromatic heterocycles. The van der Waals surface area contributed by atoms with Gasteiger partial charge in [-0.2, -0.15) is 4.98 Å². The number of nitrogens with one attached hydrogen (secondary N) is 3. The molecule has 0 saturated carbocycles. The number of piperidine rings is 2. The van der Waals surface area contributed by atoms with Gasteiger partial charge in [-0.15, -0.1) is 0 Å². The minimum Gasteiger partial charge on any atom is -0.494 e. The number of piperazine rings is 1. The largest absolute Gasteiger partial charge is 0.494 e. The summed E-state index contributed by atoms with van der Waals surface area (Å²) >= 11 is 3.60. The molecule has 2 amide bonds. The molecule has 0 radical (unpaired) electrons. The Labute approximate surface area is 385 Å². The zero-order valence-electron chi connectivity index (χ0n) is 37.1. The number of hydrogen-bond acceptors (Lipinski definition) is 14. The van der Waals surface area contributed by atoms with Crippen LogP contribution < -0.4 is 36.6 Å². The highest BCUT2D eigenvalue weighted by Gasteiger charge is 2.32. The first-order chi connectivity index (χ1) is 31.4. The number of methoxy groups -OCH3 is 1. The average molecular weight is 966 g/mol. The quantitative estimate of drug-likeness (QED) is 0.0812. The Hall–Kier alpha value is -5.61. The van der Waals surface area contributed by atoms with Crippen LogP contribution in [0.3, 0.4) is 0 Å². The van der Waals surface area contributed by atoms with Crippen molar-refractivity contribution in [3.05, 3.63) is 93.1 Å². The van der Waals surface area contributed by atoms with Crippen molar-refractivity contribution in [3.8, 4) is 5.75 Å². The number of halogens is 1. The smallest absolute Gasteiger partial charge is 0.420 e. The molecule has 3 N–H and O–H groups in total. The van der Waals surface area contributed by atoms with Gasteiger partial charge in [-0.05, 0) is 96.8 Å². The number of oxazole rings is 1. The molecule has 1 atom stereocenters. The summed E-state index contributed by atoms with van der Waals surface area (Å²) in [7, 11) is -1.03. The van der Waals surface area contributed by atoms with Crippen LogP contribution in [0.15, 0.2) is 80.7 Å². The van der Waals surface area contributed by atoms with Crippen LogP contribution in [0.5, 0.6) is 5.75 Å². The van der Waals surface area contributed by atoms with E-state index in [1.165, 1.54) is 15.8 Å². The van der Waals surface area contributed by atoms with E-state index in [4.69, 9.17) is 14.1 Å². The number of ether oxygens (including phenoxy) is 1. The lowest BCUT2D eigenvalue weighted by atomic mass is 9.99. The van der Waals surface area contributed by atoms with Crippen LogP contribution in [-0.2, 0) is 27.0 Å². The normalized spacial score (nSPS) is 18.0. The lowest BCUT2D eigenvalue weighted by Crippen LogP contribution is -2.53. The van der Waals surface area contributed by atoms with Crippen molar-refractivity contribution in [3.63, 3.8) is 0 Å². The molecule has 1 unspecified atom stereocenters. The van der Waals surface area contributed by atoms with Gasteiger partial charge in [-0.25, -0.2) is 9.78 Å². The summed E-state index contributed by atoms with van der Waals surface area (Å²) in [5, 5.41) is 10.7. The second-order valence-electron chi connectivity index (χ2n) is 17.4. The number of imide groups is 1. The third-order valence-electron chi connectivity index (χ3n) is 13.0. The molecule has 6 heterocycles. The second kappa shape index (κ2) is 18.7. The maximum absolute atomic E-state index is 13.6. The average Bonchev–Trinajstić information content (AvgIpc) is 3.63. The van der Waals surface area contributed by atoms with Crippen molar-refractivity contribution in [2.24, 2.45) is 0 Å². The van der Waals surface area contributed by atoms with Crippen molar-refractivity contribution in [1.82, 2.24) is 34.6 Å². The van der Waals surface area contributed by atoms with Gasteiger partial charge >= 0.3 is 5.76 Å². The van der Waals surface area contributed by atoms with Crippen LogP contribution >= 0.6 is 23.1 Å². The van der Waals surface area contributed by atoms with Crippen molar-refractivity contribution in [2.75, 3.05) is 81.8 Å². The Morgan fingerprint density at radius 2 is 1.71 bits per heavy atom. The van der Waals surface area contributed by atoms with E-state index in [-0.39, 0.29) is 18.7 Å². The van der Waals surface area contributed by atoms with Gasteiger partial charge in [0.05, 0.1) is 40.2 Å². The molecule has 16 nitrogen and oxygen atoms in total. The number of pyridine rings is 1. The van der Waals surface area contributed by atoms with Crippen LogP contribution in [0, 0.1) is 0 Å². The summed E-state index contributed by atoms with van der Waals surface area (Å²) in [5.41, 5.74) is 6.67. The Morgan fingerprint density at radius 1 is 0.923 bits per heavy atom. The number of nitrogens with zero attached hydrogens (tertiary/aromatic N) is 7. The number of fused-ring (bicyclic) bond motifs is 2. The van der Waals surface area contributed by atoms with Gasteiger partial charge in [0.2, 0.25) is 17.8 Å². The molecule has 3 aromatic carbocycles. The van der Waals surface area contributed by atoms with E-state index < -0.39 is 24.8 Å². The summed E-state index contributed by atoms with van der Waals surface area (Å²) in [6, 6.07) is 17.5. The first-order valence-electron chi connectivity index (χ1n) is 22.3. The third-order valence-corrected chi connectivity index (χ3v) is 15.1. The number of carbonyl (C=O) groups is 2. The summed E-state index contributed by atoms with van der Waals surface area (Å²) in [5.74, 6) is 0.220. The molecule has 3 saturated heterocycles. The molecule has 0 aliphatic carbocycles. The van der Waals surface area contributed by atoms with E-state index in [0.29, 0.717) is 44.8 Å². The number of benzene rings is 3. The molecular weight excluding hydrogens is 911 g/mol. The van der Waals surface area contributed by atoms with E-state index >= 15 is 0 Å². The second-order valence-corrected chi connectivity index (χ2v) is 21.4. The standard InChI is InChI=1S/C47H54BrN10O6P/c1-5-30-25-35(52-46-50-27-33(48)44(54-46)51-36-28-49-34-9-7-6-8-32(34)43(36)65(3,4)62)40(63-2)26-39(30)57-18-15-31(16-19-57)56-22-20-55(21-23-56)17-14-29-10-11-37-41(24-29)64-47(61)58(37)38-12-13-42(59)53-45(38)60/h6-11,24-28,31,38H,5,12-23H2,1-4H3,(H,53,59,60)(H2,50,51,52,54). The summed E-state index contributed by atoms with van der Waals surface area (Å²) in [6.45, 7) is 12.6. The summed E-state index contributed by atoms with van der Waals surface area (Å²) in [6.07, 6.45) is 7.69. The molecule has 3 aliphatic heterocycles. The van der Waals surface area contributed by atoms with Crippen molar-refractivity contribution in [1.29, 1.82) is 0 Å². The molecule has 65 heavy (non-hydrogen) atoms. The number of amides is 2. The van der Waals surface area contributed by atoms with Crippen LogP contribution in [0.4, 0.5) is 28.8 Å². The first kappa shape index (κ1) is 44.6. The number of aromatic nitrogens is 4. The highest BCUT2D eigenvalue weighted by Crippen LogP contribution is 2.42. The monoisotopic (exact) mass is 964 g/mol. The molecule has 340 valence electrons. The zero-order chi connectivity index (χ0) is 45.4. The highest BCUT2D eigenvalue weighted by atomic mass is 79.9. The van der Waals surface area contributed by atoms with E-state index in [0.717, 1.165) is 99.0 Å². The highest BCUT2D eigenvalue weighted by molar-refractivity contribution is 9.10.